The molecule has 1 aromatic rings. The summed E-state index contributed by atoms with van der Waals surface area (Å²) in [6, 6.07) is 6.23. The van der Waals surface area contributed by atoms with Gasteiger partial charge in [-0.1, -0.05) is 0 Å². The zero-order chi connectivity index (χ0) is 15.4. The number of hydrogen-bond acceptors (Lipinski definition) is 6. The first kappa shape index (κ1) is 15.2. The molecule has 0 radical (unpaired) electrons. The molecule has 0 bridgehead atoms. The Morgan fingerprint density at radius 2 is 2.38 bits per heavy atom. The summed E-state index contributed by atoms with van der Waals surface area (Å²) in [5.41, 5.74) is 0.769. The molecule has 1 fully saturated rings. The molecular weight excluding hydrogens is 272 g/mol. The number of nitro groups is 1. The van der Waals surface area contributed by atoms with E-state index in [1.807, 2.05) is 20.0 Å². The first-order chi connectivity index (χ1) is 10.0. The Morgan fingerprint density at radius 1 is 1.62 bits per heavy atom. The Balaban J connectivity index is 2.11. The van der Waals surface area contributed by atoms with Crippen molar-refractivity contribution >= 4 is 11.4 Å². The summed E-state index contributed by atoms with van der Waals surface area (Å²) in [6.07, 6.45) is 0.0190. The number of ether oxygens (including phenoxy) is 1. The van der Waals surface area contributed by atoms with E-state index in [0.29, 0.717) is 12.3 Å². The van der Waals surface area contributed by atoms with Crippen molar-refractivity contribution < 1.29 is 9.66 Å². The molecule has 2 unspecified atom stereocenters. The van der Waals surface area contributed by atoms with Gasteiger partial charge >= 0.3 is 0 Å². The zero-order valence-electron chi connectivity index (χ0n) is 12.1. The van der Waals surface area contributed by atoms with Crippen molar-refractivity contribution in [2.45, 2.75) is 19.1 Å². The van der Waals surface area contributed by atoms with Crippen LogP contribution in [0.15, 0.2) is 18.2 Å². The number of non-ortho nitro benzene ring substituents is 1. The number of nitriles is 1. The lowest BCUT2D eigenvalue weighted by Gasteiger charge is -2.34. The van der Waals surface area contributed by atoms with Crippen LogP contribution in [0.25, 0.3) is 0 Å². The van der Waals surface area contributed by atoms with Gasteiger partial charge in [0.15, 0.2) is 0 Å². The number of benzene rings is 1. The molecular formula is C14H18N4O3. The predicted molar refractivity (Wildman–Crippen MR) is 78.1 cm³/mol. The van der Waals surface area contributed by atoms with E-state index in [9.17, 15) is 10.1 Å². The first-order valence-electron chi connectivity index (χ1n) is 6.76. The minimum atomic E-state index is -0.507. The van der Waals surface area contributed by atoms with E-state index in [1.165, 1.54) is 12.1 Å². The number of hydrogen-bond donors (Lipinski definition) is 1. The minimum Gasteiger partial charge on any atom is -0.379 e. The monoisotopic (exact) mass is 290 g/mol. The molecule has 2 rings (SSSR count). The molecule has 0 amide bonds. The third-order valence-corrected chi connectivity index (χ3v) is 3.57. The fraction of sp³-hybridized carbons (Fsp3) is 0.500. The summed E-state index contributed by atoms with van der Waals surface area (Å²) >= 11 is 0. The number of nitrogens with one attached hydrogen (secondary N) is 1. The van der Waals surface area contributed by atoms with E-state index >= 15 is 0 Å². The second-order valence-corrected chi connectivity index (χ2v) is 5.20. The van der Waals surface area contributed by atoms with Gasteiger partial charge < -0.3 is 15.0 Å². The third-order valence-electron chi connectivity index (χ3n) is 3.57. The van der Waals surface area contributed by atoms with Crippen molar-refractivity contribution in [2.75, 3.05) is 32.1 Å². The van der Waals surface area contributed by atoms with Crippen molar-refractivity contribution in [2.24, 2.45) is 0 Å². The molecule has 0 aliphatic carbocycles. The van der Waals surface area contributed by atoms with Gasteiger partial charge in [-0.15, -0.1) is 0 Å². The lowest BCUT2D eigenvalue weighted by molar-refractivity contribution is -0.384. The van der Waals surface area contributed by atoms with Crippen LogP contribution in [0.3, 0.4) is 0 Å². The van der Waals surface area contributed by atoms with Gasteiger partial charge in [-0.2, -0.15) is 5.26 Å². The molecule has 21 heavy (non-hydrogen) atoms. The second kappa shape index (κ2) is 6.52. The van der Waals surface area contributed by atoms with Crippen LogP contribution >= 0.6 is 0 Å². The van der Waals surface area contributed by atoms with Crippen LogP contribution in [0, 0.1) is 21.4 Å². The van der Waals surface area contributed by atoms with Crippen molar-refractivity contribution in [3.63, 3.8) is 0 Å². The number of rotatable bonds is 4. The molecule has 1 saturated heterocycles. The fourth-order valence-corrected chi connectivity index (χ4v) is 2.32. The van der Waals surface area contributed by atoms with Crippen molar-refractivity contribution in [1.29, 1.82) is 5.26 Å². The molecule has 1 heterocycles. The highest BCUT2D eigenvalue weighted by molar-refractivity contribution is 5.61. The Kier molecular flexibility index (Phi) is 4.73. The maximum atomic E-state index is 10.7. The summed E-state index contributed by atoms with van der Waals surface area (Å²) in [5.74, 6) is 0. The Bertz CT molecular complexity index is 570. The molecule has 1 aromatic carbocycles. The molecule has 7 heteroatoms. The van der Waals surface area contributed by atoms with E-state index < -0.39 is 4.92 Å². The first-order valence-corrected chi connectivity index (χ1v) is 6.76. The summed E-state index contributed by atoms with van der Waals surface area (Å²) in [7, 11) is 2.04. The Hall–Kier alpha value is -2.17. The van der Waals surface area contributed by atoms with Crippen LogP contribution < -0.4 is 5.32 Å². The molecule has 0 aromatic heterocycles. The van der Waals surface area contributed by atoms with Gasteiger partial charge in [0.2, 0.25) is 0 Å². The highest BCUT2D eigenvalue weighted by Crippen LogP contribution is 2.23. The summed E-state index contributed by atoms with van der Waals surface area (Å²) < 4.78 is 5.72. The number of likely N-dealkylation sites (N-methyl/N-ethyl adjacent to an activating group) is 1. The van der Waals surface area contributed by atoms with Crippen LogP contribution in [0.5, 0.6) is 0 Å². The van der Waals surface area contributed by atoms with E-state index in [0.717, 1.165) is 13.1 Å². The number of morpholine rings is 1. The highest BCUT2D eigenvalue weighted by Gasteiger charge is 2.24. The summed E-state index contributed by atoms with van der Waals surface area (Å²) in [5, 5.41) is 23.1. The summed E-state index contributed by atoms with van der Waals surface area (Å²) in [4.78, 5) is 12.4. The van der Waals surface area contributed by atoms with Crippen molar-refractivity contribution in [3.8, 4) is 6.07 Å². The van der Waals surface area contributed by atoms with Gasteiger partial charge in [-0.25, -0.2) is 0 Å². The molecule has 0 saturated carbocycles. The number of anilines is 1. The molecule has 2 atom stereocenters. The average Bonchev–Trinajstić information content (AvgIpc) is 2.47. The quantitative estimate of drug-likeness (QED) is 0.669. The lowest BCUT2D eigenvalue weighted by atomic mass is 10.1. The van der Waals surface area contributed by atoms with E-state index in [1.54, 1.807) is 6.07 Å². The van der Waals surface area contributed by atoms with Gasteiger partial charge in [0.05, 0.1) is 34.9 Å². The van der Waals surface area contributed by atoms with Crippen molar-refractivity contribution in [1.82, 2.24) is 4.90 Å². The van der Waals surface area contributed by atoms with Gasteiger partial charge in [0, 0.05) is 25.2 Å². The van der Waals surface area contributed by atoms with Crippen LogP contribution in [0.2, 0.25) is 0 Å². The van der Waals surface area contributed by atoms with Crippen molar-refractivity contribution in [3.05, 3.63) is 33.9 Å². The molecule has 1 N–H and O–H groups in total. The van der Waals surface area contributed by atoms with Crippen LogP contribution in [-0.2, 0) is 4.74 Å². The van der Waals surface area contributed by atoms with E-state index in [2.05, 4.69) is 10.2 Å². The third kappa shape index (κ3) is 3.68. The SMILES string of the molecule is CC(Nc1ccc([N+](=O)[O-])cc1C#N)C1CN(C)CCO1. The Labute approximate surface area is 123 Å². The van der Waals surface area contributed by atoms with Gasteiger partial charge in [0.1, 0.15) is 6.07 Å². The van der Waals surface area contributed by atoms with Gasteiger partial charge in [-0.3, -0.25) is 10.1 Å². The maximum Gasteiger partial charge on any atom is 0.270 e. The second-order valence-electron chi connectivity index (χ2n) is 5.20. The maximum absolute atomic E-state index is 10.7. The number of nitrogens with zero attached hydrogens (tertiary/aromatic N) is 3. The topological polar surface area (TPSA) is 91.4 Å². The molecule has 0 spiro atoms. The minimum absolute atomic E-state index is 0.00121. The average molecular weight is 290 g/mol. The predicted octanol–water partition coefficient (Wildman–Crippen LogP) is 1.60. The van der Waals surface area contributed by atoms with Gasteiger partial charge in [-0.05, 0) is 20.0 Å². The Morgan fingerprint density at radius 3 is 3.00 bits per heavy atom. The van der Waals surface area contributed by atoms with E-state index in [-0.39, 0.29) is 23.4 Å². The molecule has 1 aliphatic heterocycles. The molecule has 1 aliphatic rings. The van der Waals surface area contributed by atoms with Gasteiger partial charge in [0.25, 0.3) is 5.69 Å². The van der Waals surface area contributed by atoms with E-state index in [4.69, 9.17) is 10.00 Å². The standard InChI is InChI=1S/C14H18N4O3/c1-10(14-9-17(2)5-6-21-14)16-13-4-3-12(18(19)20)7-11(13)8-15/h3-4,7,10,14,16H,5-6,9H2,1-2H3. The largest absolute Gasteiger partial charge is 0.379 e. The number of nitro benzene ring substituents is 1. The smallest absolute Gasteiger partial charge is 0.270 e. The fourth-order valence-electron chi connectivity index (χ4n) is 2.32. The molecule has 112 valence electrons. The van der Waals surface area contributed by atoms with Crippen LogP contribution in [0.1, 0.15) is 12.5 Å². The lowest BCUT2D eigenvalue weighted by Crippen LogP contribution is -2.47. The molecule has 7 nitrogen and oxygen atoms in total. The normalized spacial score (nSPS) is 20.5. The highest BCUT2D eigenvalue weighted by atomic mass is 16.6. The van der Waals surface area contributed by atoms with Crippen LogP contribution in [-0.4, -0.2) is 48.7 Å². The summed E-state index contributed by atoms with van der Waals surface area (Å²) in [6.45, 7) is 4.37. The zero-order valence-corrected chi connectivity index (χ0v) is 12.1. The van der Waals surface area contributed by atoms with Crippen LogP contribution in [0.4, 0.5) is 11.4 Å².